The number of methoxy groups -OCH3 is 1. The van der Waals surface area contributed by atoms with Crippen molar-refractivity contribution in [2.75, 3.05) is 25.7 Å². The van der Waals surface area contributed by atoms with Crippen LogP contribution in [0.3, 0.4) is 0 Å². The van der Waals surface area contributed by atoms with E-state index in [1.807, 2.05) is 12.3 Å². The molecule has 0 saturated heterocycles. The van der Waals surface area contributed by atoms with Crippen molar-refractivity contribution in [1.82, 2.24) is 10.3 Å². The van der Waals surface area contributed by atoms with Crippen LogP contribution in [-0.4, -0.2) is 37.8 Å². The standard InChI is InChI=1S/C14H23N3O/c1-11(10-18-3)17(2)14-6-7-15-13(8-14)9-16-12-4-5-12/h6-8,11-12,16H,4-5,9-10H2,1-3H3. The number of rotatable bonds is 7. The number of aromatic nitrogens is 1. The first-order valence-electron chi connectivity index (χ1n) is 6.60. The van der Waals surface area contributed by atoms with Gasteiger partial charge in [0.1, 0.15) is 0 Å². The smallest absolute Gasteiger partial charge is 0.0663 e. The third-order valence-electron chi connectivity index (χ3n) is 3.43. The lowest BCUT2D eigenvalue weighted by atomic mass is 10.2. The van der Waals surface area contributed by atoms with E-state index < -0.39 is 0 Å². The van der Waals surface area contributed by atoms with Gasteiger partial charge in [0.25, 0.3) is 0 Å². The van der Waals surface area contributed by atoms with Gasteiger partial charge in [0.2, 0.25) is 0 Å². The molecule has 4 nitrogen and oxygen atoms in total. The molecule has 1 aromatic rings. The van der Waals surface area contributed by atoms with Crippen LogP contribution in [0.4, 0.5) is 5.69 Å². The monoisotopic (exact) mass is 249 g/mol. The SMILES string of the molecule is COCC(C)N(C)c1ccnc(CNC2CC2)c1. The normalized spacial score (nSPS) is 16.6. The molecule has 1 unspecified atom stereocenters. The summed E-state index contributed by atoms with van der Waals surface area (Å²) in [5, 5.41) is 3.49. The highest BCUT2D eigenvalue weighted by Gasteiger charge is 2.20. The zero-order chi connectivity index (χ0) is 13.0. The highest BCUT2D eigenvalue weighted by Crippen LogP contribution is 2.20. The van der Waals surface area contributed by atoms with Crippen molar-refractivity contribution in [2.24, 2.45) is 0 Å². The third-order valence-corrected chi connectivity index (χ3v) is 3.43. The van der Waals surface area contributed by atoms with Gasteiger partial charge in [0.15, 0.2) is 0 Å². The molecule has 100 valence electrons. The molecule has 0 aromatic carbocycles. The average molecular weight is 249 g/mol. The van der Waals surface area contributed by atoms with Gasteiger partial charge in [-0.2, -0.15) is 0 Å². The van der Waals surface area contributed by atoms with Crippen LogP contribution < -0.4 is 10.2 Å². The van der Waals surface area contributed by atoms with Crippen LogP contribution in [0.2, 0.25) is 0 Å². The maximum absolute atomic E-state index is 5.19. The number of hydrogen-bond acceptors (Lipinski definition) is 4. The van der Waals surface area contributed by atoms with Gasteiger partial charge in [-0.1, -0.05) is 0 Å². The molecular formula is C14H23N3O. The van der Waals surface area contributed by atoms with E-state index in [0.717, 1.165) is 24.9 Å². The van der Waals surface area contributed by atoms with Crippen molar-refractivity contribution in [3.63, 3.8) is 0 Å². The van der Waals surface area contributed by atoms with E-state index in [1.54, 1.807) is 7.11 Å². The Kier molecular flexibility index (Phi) is 4.55. The minimum absolute atomic E-state index is 0.363. The van der Waals surface area contributed by atoms with E-state index in [2.05, 4.69) is 35.2 Å². The zero-order valence-electron chi connectivity index (χ0n) is 11.5. The predicted molar refractivity (Wildman–Crippen MR) is 73.8 cm³/mol. The van der Waals surface area contributed by atoms with Crippen molar-refractivity contribution in [1.29, 1.82) is 0 Å². The number of anilines is 1. The van der Waals surface area contributed by atoms with E-state index in [4.69, 9.17) is 4.74 Å². The summed E-state index contributed by atoms with van der Waals surface area (Å²) in [5.74, 6) is 0. The number of pyridine rings is 1. The summed E-state index contributed by atoms with van der Waals surface area (Å²) < 4.78 is 5.19. The minimum atomic E-state index is 0.363. The Labute approximate surface area is 109 Å². The Morgan fingerprint density at radius 2 is 2.33 bits per heavy atom. The fourth-order valence-corrected chi connectivity index (χ4v) is 1.93. The molecule has 2 rings (SSSR count). The highest BCUT2D eigenvalue weighted by atomic mass is 16.5. The van der Waals surface area contributed by atoms with E-state index in [1.165, 1.54) is 18.5 Å². The lowest BCUT2D eigenvalue weighted by Gasteiger charge is -2.26. The second kappa shape index (κ2) is 6.16. The summed E-state index contributed by atoms with van der Waals surface area (Å²) in [6.45, 7) is 3.76. The minimum Gasteiger partial charge on any atom is -0.383 e. The number of ether oxygens (including phenoxy) is 1. The molecule has 0 spiro atoms. The molecule has 0 aliphatic heterocycles. The van der Waals surface area contributed by atoms with Crippen molar-refractivity contribution in [3.05, 3.63) is 24.0 Å². The lowest BCUT2D eigenvalue weighted by molar-refractivity contribution is 0.183. The second-order valence-electron chi connectivity index (χ2n) is 5.08. The summed E-state index contributed by atoms with van der Waals surface area (Å²) in [6.07, 6.45) is 4.50. The summed E-state index contributed by atoms with van der Waals surface area (Å²) in [5.41, 5.74) is 2.30. The molecule has 1 aliphatic carbocycles. The maximum atomic E-state index is 5.19. The summed E-state index contributed by atoms with van der Waals surface area (Å²) in [6, 6.07) is 5.29. The first-order chi connectivity index (χ1) is 8.70. The highest BCUT2D eigenvalue weighted by molar-refractivity contribution is 5.46. The molecule has 1 fully saturated rings. The summed E-state index contributed by atoms with van der Waals surface area (Å²) >= 11 is 0. The van der Waals surface area contributed by atoms with E-state index in [9.17, 15) is 0 Å². The Bertz CT molecular complexity index is 379. The fourth-order valence-electron chi connectivity index (χ4n) is 1.93. The van der Waals surface area contributed by atoms with Gasteiger partial charge >= 0.3 is 0 Å². The van der Waals surface area contributed by atoms with E-state index in [0.29, 0.717) is 6.04 Å². The fraction of sp³-hybridized carbons (Fsp3) is 0.643. The molecule has 1 aliphatic rings. The van der Waals surface area contributed by atoms with Gasteiger partial charge in [-0.3, -0.25) is 4.98 Å². The second-order valence-corrected chi connectivity index (χ2v) is 5.08. The van der Waals surface area contributed by atoms with Crippen molar-refractivity contribution >= 4 is 5.69 Å². The molecule has 0 bridgehead atoms. The Morgan fingerprint density at radius 3 is 3.00 bits per heavy atom. The van der Waals surface area contributed by atoms with Gasteiger partial charge < -0.3 is 15.0 Å². The quantitative estimate of drug-likeness (QED) is 0.799. The summed E-state index contributed by atoms with van der Waals surface area (Å²) in [7, 11) is 3.83. The number of likely N-dealkylation sites (N-methyl/N-ethyl adjacent to an activating group) is 1. The topological polar surface area (TPSA) is 37.4 Å². The first kappa shape index (κ1) is 13.3. The Morgan fingerprint density at radius 1 is 1.56 bits per heavy atom. The van der Waals surface area contributed by atoms with Gasteiger partial charge in [-0.05, 0) is 31.9 Å². The first-order valence-corrected chi connectivity index (χ1v) is 6.60. The maximum Gasteiger partial charge on any atom is 0.0663 e. The third kappa shape index (κ3) is 3.68. The number of hydrogen-bond donors (Lipinski definition) is 1. The molecule has 1 aromatic heterocycles. The molecule has 0 amide bonds. The van der Waals surface area contributed by atoms with Crippen LogP contribution in [0.25, 0.3) is 0 Å². The lowest BCUT2D eigenvalue weighted by Crippen LogP contribution is -2.32. The Balaban J connectivity index is 1.96. The van der Waals surface area contributed by atoms with Crippen molar-refractivity contribution in [3.8, 4) is 0 Å². The van der Waals surface area contributed by atoms with E-state index >= 15 is 0 Å². The molecule has 1 saturated carbocycles. The molecule has 1 heterocycles. The molecule has 4 heteroatoms. The van der Waals surface area contributed by atoms with Crippen LogP contribution in [0.15, 0.2) is 18.3 Å². The Hall–Kier alpha value is -1.13. The predicted octanol–water partition coefficient (Wildman–Crippen LogP) is 1.80. The largest absolute Gasteiger partial charge is 0.383 e. The van der Waals surface area contributed by atoms with Gasteiger partial charge in [0, 0.05) is 44.7 Å². The van der Waals surface area contributed by atoms with Gasteiger partial charge in [-0.25, -0.2) is 0 Å². The number of nitrogens with one attached hydrogen (secondary N) is 1. The summed E-state index contributed by atoms with van der Waals surface area (Å²) in [4.78, 5) is 6.63. The van der Waals surface area contributed by atoms with Crippen LogP contribution in [-0.2, 0) is 11.3 Å². The average Bonchev–Trinajstić information content (AvgIpc) is 3.20. The van der Waals surface area contributed by atoms with Crippen LogP contribution in [0.5, 0.6) is 0 Å². The zero-order valence-corrected chi connectivity index (χ0v) is 11.5. The van der Waals surface area contributed by atoms with Crippen molar-refractivity contribution < 1.29 is 4.74 Å². The van der Waals surface area contributed by atoms with Crippen LogP contribution >= 0.6 is 0 Å². The molecule has 0 radical (unpaired) electrons. The van der Waals surface area contributed by atoms with Crippen molar-refractivity contribution in [2.45, 2.75) is 38.4 Å². The molecule has 18 heavy (non-hydrogen) atoms. The number of nitrogens with zero attached hydrogens (tertiary/aromatic N) is 2. The molecular weight excluding hydrogens is 226 g/mol. The van der Waals surface area contributed by atoms with Gasteiger partial charge in [0.05, 0.1) is 12.3 Å². The van der Waals surface area contributed by atoms with Crippen LogP contribution in [0, 0.1) is 0 Å². The van der Waals surface area contributed by atoms with E-state index in [-0.39, 0.29) is 0 Å². The molecule has 1 atom stereocenters. The molecule has 1 N–H and O–H groups in total. The van der Waals surface area contributed by atoms with Crippen LogP contribution in [0.1, 0.15) is 25.5 Å². The van der Waals surface area contributed by atoms with Gasteiger partial charge in [-0.15, -0.1) is 0 Å².